The van der Waals surface area contributed by atoms with Gasteiger partial charge in [0, 0.05) is 30.6 Å². The zero-order valence-corrected chi connectivity index (χ0v) is 15.2. The van der Waals surface area contributed by atoms with Crippen LogP contribution < -0.4 is 0 Å². The van der Waals surface area contributed by atoms with Gasteiger partial charge in [-0.05, 0) is 31.5 Å². The Hall–Kier alpha value is -1.63. The van der Waals surface area contributed by atoms with E-state index in [1.165, 1.54) is 0 Å². The van der Waals surface area contributed by atoms with Gasteiger partial charge in [0.05, 0.1) is 19.1 Å². The van der Waals surface area contributed by atoms with E-state index >= 15 is 0 Å². The van der Waals surface area contributed by atoms with Crippen LogP contribution >= 0.6 is 11.6 Å². The first-order valence-corrected chi connectivity index (χ1v) is 8.78. The molecule has 1 aliphatic heterocycles. The number of carbonyl (C=O) groups is 2. The molecule has 138 valence electrons. The average molecular weight is 370 g/mol. The lowest BCUT2D eigenvalue weighted by Crippen LogP contribution is -2.38. The van der Waals surface area contributed by atoms with Crippen LogP contribution in [0.25, 0.3) is 0 Å². The summed E-state index contributed by atoms with van der Waals surface area (Å²) in [5.41, 5.74) is 0.872. The van der Waals surface area contributed by atoms with Gasteiger partial charge in [0.1, 0.15) is 6.10 Å². The second kappa shape index (κ2) is 9.17. The fourth-order valence-electron chi connectivity index (χ4n) is 3.04. The quantitative estimate of drug-likeness (QED) is 0.712. The molecule has 0 saturated carbocycles. The van der Waals surface area contributed by atoms with Crippen molar-refractivity contribution in [3.8, 4) is 0 Å². The van der Waals surface area contributed by atoms with E-state index in [2.05, 4.69) is 0 Å². The first kappa shape index (κ1) is 19.7. The molecule has 0 radical (unpaired) electrons. The van der Waals surface area contributed by atoms with Crippen molar-refractivity contribution in [2.45, 2.75) is 25.9 Å². The molecule has 1 fully saturated rings. The van der Waals surface area contributed by atoms with Crippen LogP contribution in [0.1, 0.15) is 25.3 Å². The zero-order chi connectivity index (χ0) is 18.4. The Bertz CT molecular complexity index is 592. The number of amides is 1. The smallest absolute Gasteiger partial charge is 0.308 e. The van der Waals surface area contributed by atoms with Gasteiger partial charge in [-0.1, -0.05) is 23.7 Å². The average Bonchev–Trinajstić information content (AvgIpc) is 3.04. The van der Waals surface area contributed by atoms with Gasteiger partial charge >= 0.3 is 5.97 Å². The van der Waals surface area contributed by atoms with Crippen molar-refractivity contribution in [3.05, 3.63) is 34.9 Å². The largest absolute Gasteiger partial charge is 0.481 e. The maximum absolute atomic E-state index is 12.6. The molecule has 0 bridgehead atoms. The summed E-state index contributed by atoms with van der Waals surface area (Å²) in [6.45, 7) is 5.47. The number of ether oxygens (including phenoxy) is 2. The summed E-state index contributed by atoms with van der Waals surface area (Å²) in [4.78, 5) is 25.7. The van der Waals surface area contributed by atoms with Gasteiger partial charge in [-0.25, -0.2) is 0 Å². The van der Waals surface area contributed by atoms with E-state index in [9.17, 15) is 14.7 Å². The van der Waals surface area contributed by atoms with Gasteiger partial charge in [0.15, 0.2) is 0 Å². The zero-order valence-electron chi connectivity index (χ0n) is 14.5. The second-order valence-electron chi connectivity index (χ2n) is 6.06. The van der Waals surface area contributed by atoms with Crippen molar-refractivity contribution in [2.24, 2.45) is 5.92 Å². The summed E-state index contributed by atoms with van der Waals surface area (Å²) in [6.07, 6.45) is -0.626. The van der Waals surface area contributed by atoms with Gasteiger partial charge in [-0.15, -0.1) is 0 Å². The molecule has 2 rings (SSSR count). The van der Waals surface area contributed by atoms with Crippen molar-refractivity contribution in [1.29, 1.82) is 0 Å². The molecular weight excluding hydrogens is 346 g/mol. The van der Waals surface area contributed by atoms with Crippen LogP contribution in [0.5, 0.6) is 0 Å². The maximum atomic E-state index is 12.6. The Balaban J connectivity index is 2.02. The first-order valence-electron chi connectivity index (χ1n) is 8.40. The third-order valence-corrected chi connectivity index (χ3v) is 4.65. The van der Waals surface area contributed by atoms with Crippen LogP contribution in [0.2, 0.25) is 5.02 Å². The number of carboxylic acids is 1. The van der Waals surface area contributed by atoms with E-state index in [1.54, 1.807) is 24.0 Å². The van der Waals surface area contributed by atoms with E-state index < -0.39 is 18.0 Å². The van der Waals surface area contributed by atoms with Crippen LogP contribution in [0, 0.1) is 5.92 Å². The van der Waals surface area contributed by atoms with Crippen molar-refractivity contribution in [1.82, 2.24) is 4.90 Å². The molecule has 1 amide bonds. The molecule has 1 heterocycles. The molecule has 3 atom stereocenters. The second-order valence-corrected chi connectivity index (χ2v) is 6.49. The number of aliphatic carboxylic acids is 1. The predicted octanol–water partition coefficient (Wildman–Crippen LogP) is 2.41. The van der Waals surface area contributed by atoms with Crippen LogP contribution in [0.3, 0.4) is 0 Å². The molecule has 0 spiro atoms. The van der Waals surface area contributed by atoms with Crippen LogP contribution in [0.4, 0.5) is 0 Å². The fourth-order valence-corrected chi connectivity index (χ4v) is 3.16. The first-order chi connectivity index (χ1) is 11.9. The van der Waals surface area contributed by atoms with Gasteiger partial charge in [0.2, 0.25) is 0 Å². The van der Waals surface area contributed by atoms with Gasteiger partial charge in [-0.2, -0.15) is 0 Å². The standard InChI is InChI=1S/C18H24ClNO5/c1-3-24-8-9-25-12(2)17(21)20-10-15(16(11-20)18(22)23)13-4-6-14(19)7-5-13/h4-7,12,15-16H,3,8-11H2,1-2H3,(H,22,23)/t12?,15-,16+/m0/s1. The molecule has 1 aliphatic rings. The van der Waals surface area contributed by atoms with E-state index in [-0.39, 0.29) is 18.4 Å². The summed E-state index contributed by atoms with van der Waals surface area (Å²) in [5.74, 6) is -1.99. The Kier molecular flexibility index (Phi) is 7.23. The highest BCUT2D eigenvalue weighted by molar-refractivity contribution is 6.30. The predicted molar refractivity (Wildman–Crippen MR) is 93.8 cm³/mol. The maximum Gasteiger partial charge on any atom is 0.308 e. The number of benzene rings is 1. The van der Waals surface area contributed by atoms with Gasteiger partial charge in [-0.3, -0.25) is 9.59 Å². The molecule has 1 aromatic carbocycles. The summed E-state index contributed by atoms with van der Waals surface area (Å²) >= 11 is 5.90. The number of carboxylic acid groups (broad SMARTS) is 1. The molecule has 0 aromatic heterocycles. The van der Waals surface area contributed by atoms with Crippen molar-refractivity contribution >= 4 is 23.5 Å². The number of halogens is 1. The fraction of sp³-hybridized carbons (Fsp3) is 0.556. The molecule has 1 aromatic rings. The normalized spacial score (nSPS) is 21.3. The van der Waals surface area contributed by atoms with Crippen molar-refractivity contribution in [2.75, 3.05) is 32.9 Å². The number of likely N-dealkylation sites (tertiary alicyclic amines) is 1. The third-order valence-electron chi connectivity index (χ3n) is 4.39. The number of hydrogen-bond acceptors (Lipinski definition) is 4. The minimum atomic E-state index is -0.903. The Morgan fingerprint density at radius 2 is 1.96 bits per heavy atom. The monoisotopic (exact) mass is 369 g/mol. The molecule has 1 saturated heterocycles. The highest BCUT2D eigenvalue weighted by Gasteiger charge is 2.41. The number of carbonyl (C=O) groups excluding carboxylic acids is 1. The topological polar surface area (TPSA) is 76.1 Å². The molecular formula is C18H24ClNO5. The molecule has 1 N–H and O–H groups in total. The SMILES string of the molecule is CCOCCOC(C)C(=O)N1C[C@@H](C(=O)O)[C@H](c2ccc(Cl)cc2)C1. The highest BCUT2D eigenvalue weighted by atomic mass is 35.5. The molecule has 6 nitrogen and oxygen atoms in total. The van der Waals surface area contributed by atoms with Crippen LogP contribution in [-0.2, 0) is 19.1 Å². The van der Waals surface area contributed by atoms with E-state index in [1.807, 2.05) is 19.1 Å². The highest BCUT2D eigenvalue weighted by Crippen LogP contribution is 2.34. The van der Waals surface area contributed by atoms with Gasteiger partial charge < -0.3 is 19.5 Å². The number of nitrogens with zero attached hydrogens (tertiary/aromatic N) is 1. The van der Waals surface area contributed by atoms with E-state index in [0.717, 1.165) is 5.56 Å². The Labute approximate surface area is 152 Å². The molecule has 0 aliphatic carbocycles. The summed E-state index contributed by atoms with van der Waals surface area (Å²) in [6, 6.07) is 7.11. The third kappa shape index (κ3) is 5.17. The lowest BCUT2D eigenvalue weighted by molar-refractivity contribution is -0.144. The summed E-state index contributed by atoms with van der Waals surface area (Å²) in [7, 11) is 0. The number of rotatable bonds is 8. The number of hydrogen-bond donors (Lipinski definition) is 1. The van der Waals surface area contributed by atoms with Crippen LogP contribution in [-0.4, -0.2) is 60.9 Å². The van der Waals surface area contributed by atoms with E-state index in [0.29, 0.717) is 31.4 Å². The van der Waals surface area contributed by atoms with Crippen molar-refractivity contribution < 1.29 is 24.2 Å². The summed E-state index contributed by atoms with van der Waals surface area (Å²) < 4.78 is 10.7. The summed E-state index contributed by atoms with van der Waals surface area (Å²) in [5, 5.41) is 10.1. The minimum absolute atomic E-state index is 0.181. The van der Waals surface area contributed by atoms with E-state index in [4.69, 9.17) is 21.1 Å². The van der Waals surface area contributed by atoms with Gasteiger partial charge in [0.25, 0.3) is 5.91 Å². The lowest BCUT2D eigenvalue weighted by atomic mass is 9.89. The van der Waals surface area contributed by atoms with Crippen LogP contribution in [0.15, 0.2) is 24.3 Å². The Morgan fingerprint density at radius 3 is 2.56 bits per heavy atom. The van der Waals surface area contributed by atoms with Crippen molar-refractivity contribution in [3.63, 3.8) is 0 Å². The Morgan fingerprint density at radius 1 is 1.28 bits per heavy atom. The molecule has 25 heavy (non-hydrogen) atoms. The lowest BCUT2D eigenvalue weighted by Gasteiger charge is -2.21. The molecule has 1 unspecified atom stereocenters. The molecule has 7 heteroatoms. The minimum Gasteiger partial charge on any atom is -0.481 e.